The molecule has 1 unspecified atom stereocenters. The molecular formula is C13H16Br2N2O3. The number of nitrogens with one attached hydrogen (secondary N) is 2. The minimum atomic E-state index is -0.819. The molecule has 0 aliphatic heterocycles. The van der Waals surface area contributed by atoms with Gasteiger partial charge in [0.25, 0.3) is 0 Å². The largest absolute Gasteiger partial charge is 0.481 e. The molecule has 3 N–H and O–H groups in total. The van der Waals surface area contributed by atoms with Crippen molar-refractivity contribution >= 4 is 49.5 Å². The summed E-state index contributed by atoms with van der Waals surface area (Å²) in [5, 5.41) is 14.0. The first-order chi connectivity index (χ1) is 9.38. The van der Waals surface area contributed by atoms with Crippen LogP contribution in [0, 0.1) is 5.92 Å². The number of halogens is 2. The van der Waals surface area contributed by atoms with Gasteiger partial charge in [0.2, 0.25) is 0 Å². The van der Waals surface area contributed by atoms with Crippen LogP contribution in [0.3, 0.4) is 0 Å². The smallest absolute Gasteiger partial charge is 0.319 e. The fourth-order valence-corrected chi connectivity index (χ4v) is 2.64. The number of carboxylic acids is 1. The zero-order valence-corrected chi connectivity index (χ0v) is 14.1. The zero-order valence-electron chi connectivity index (χ0n) is 11.0. The number of anilines is 1. The van der Waals surface area contributed by atoms with Crippen LogP contribution in [0.4, 0.5) is 10.5 Å². The lowest BCUT2D eigenvalue weighted by molar-refractivity contribution is -0.137. The second-order valence-electron chi connectivity index (χ2n) is 4.50. The third-order valence-electron chi connectivity index (χ3n) is 2.64. The molecular weight excluding hydrogens is 392 g/mol. The predicted octanol–water partition coefficient (Wildman–Crippen LogP) is 3.83. The summed E-state index contributed by atoms with van der Waals surface area (Å²) in [5.41, 5.74) is 0.670. The van der Waals surface area contributed by atoms with E-state index < -0.39 is 5.97 Å². The van der Waals surface area contributed by atoms with E-state index in [0.717, 1.165) is 8.95 Å². The summed E-state index contributed by atoms with van der Waals surface area (Å²) in [4.78, 5) is 22.2. The Balaban J connectivity index is 2.38. The Labute approximate surface area is 134 Å². The maximum atomic E-state index is 11.7. The SMILES string of the molecule is CC(CCC(=O)O)CNC(=O)Nc1ccc(Br)cc1Br. The van der Waals surface area contributed by atoms with Crippen LogP contribution in [0.15, 0.2) is 27.1 Å². The number of carboxylic acid groups (broad SMARTS) is 1. The summed E-state index contributed by atoms with van der Waals surface area (Å²) >= 11 is 6.69. The van der Waals surface area contributed by atoms with Gasteiger partial charge in [-0.2, -0.15) is 0 Å². The summed E-state index contributed by atoms with van der Waals surface area (Å²) in [6.45, 7) is 2.34. The molecule has 7 heteroatoms. The van der Waals surface area contributed by atoms with Crippen LogP contribution in [-0.4, -0.2) is 23.7 Å². The van der Waals surface area contributed by atoms with Gasteiger partial charge in [-0.15, -0.1) is 0 Å². The molecule has 0 heterocycles. The van der Waals surface area contributed by atoms with E-state index in [4.69, 9.17) is 5.11 Å². The fourth-order valence-electron chi connectivity index (χ4n) is 1.50. The van der Waals surface area contributed by atoms with Crippen molar-refractivity contribution in [2.24, 2.45) is 5.92 Å². The number of hydrogen-bond acceptors (Lipinski definition) is 2. The molecule has 1 aromatic carbocycles. The van der Waals surface area contributed by atoms with E-state index in [1.807, 2.05) is 19.1 Å². The van der Waals surface area contributed by atoms with E-state index in [1.54, 1.807) is 6.07 Å². The first-order valence-electron chi connectivity index (χ1n) is 6.10. The Hall–Kier alpha value is -1.08. The van der Waals surface area contributed by atoms with Gasteiger partial charge in [0, 0.05) is 21.9 Å². The van der Waals surface area contributed by atoms with Crippen molar-refractivity contribution in [1.82, 2.24) is 5.32 Å². The van der Waals surface area contributed by atoms with Crippen molar-refractivity contribution in [2.75, 3.05) is 11.9 Å². The lowest BCUT2D eigenvalue weighted by Crippen LogP contribution is -2.32. The molecule has 0 radical (unpaired) electrons. The molecule has 0 bridgehead atoms. The molecule has 0 saturated heterocycles. The van der Waals surface area contributed by atoms with Gasteiger partial charge in [-0.05, 0) is 46.5 Å². The fraction of sp³-hybridized carbons (Fsp3) is 0.385. The third-order valence-corrected chi connectivity index (χ3v) is 3.79. The number of carbonyl (C=O) groups is 2. The van der Waals surface area contributed by atoms with Crippen LogP contribution >= 0.6 is 31.9 Å². The number of amides is 2. The van der Waals surface area contributed by atoms with Crippen LogP contribution in [0.2, 0.25) is 0 Å². The quantitative estimate of drug-likeness (QED) is 0.670. The Kier molecular flexibility index (Phi) is 7.01. The van der Waals surface area contributed by atoms with Gasteiger partial charge < -0.3 is 15.7 Å². The van der Waals surface area contributed by atoms with Gasteiger partial charge in [-0.3, -0.25) is 4.79 Å². The number of urea groups is 1. The van der Waals surface area contributed by atoms with Crippen molar-refractivity contribution in [3.05, 3.63) is 27.1 Å². The van der Waals surface area contributed by atoms with E-state index in [2.05, 4.69) is 42.5 Å². The molecule has 0 aliphatic rings. The van der Waals surface area contributed by atoms with Crippen molar-refractivity contribution in [2.45, 2.75) is 19.8 Å². The highest BCUT2D eigenvalue weighted by Gasteiger charge is 2.09. The van der Waals surface area contributed by atoms with E-state index in [9.17, 15) is 9.59 Å². The second-order valence-corrected chi connectivity index (χ2v) is 6.27. The average molecular weight is 408 g/mol. The molecule has 1 rings (SSSR count). The highest BCUT2D eigenvalue weighted by molar-refractivity contribution is 9.11. The van der Waals surface area contributed by atoms with E-state index in [-0.39, 0.29) is 18.4 Å². The number of carbonyl (C=O) groups excluding carboxylic acids is 1. The maximum absolute atomic E-state index is 11.7. The molecule has 20 heavy (non-hydrogen) atoms. The number of hydrogen-bond donors (Lipinski definition) is 3. The van der Waals surface area contributed by atoms with Crippen LogP contribution in [0.5, 0.6) is 0 Å². The maximum Gasteiger partial charge on any atom is 0.319 e. The van der Waals surface area contributed by atoms with Gasteiger partial charge in [0.15, 0.2) is 0 Å². The van der Waals surface area contributed by atoms with Crippen molar-refractivity contribution in [3.8, 4) is 0 Å². The Morgan fingerprint density at radius 3 is 2.65 bits per heavy atom. The molecule has 5 nitrogen and oxygen atoms in total. The van der Waals surface area contributed by atoms with Crippen LogP contribution in [0.25, 0.3) is 0 Å². The summed E-state index contributed by atoms with van der Waals surface area (Å²) in [5.74, 6) is -0.703. The normalized spacial score (nSPS) is 11.8. The summed E-state index contributed by atoms with van der Waals surface area (Å²) in [7, 11) is 0. The predicted molar refractivity (Wildman–Crippen MR) is 84.9 cm³/mol. The van der Waals surface area contributed by atoms with E-state index in [1.165, 1.54) is 0 Å². The molecule has 0 saturated carbocycles. The summed E-state index contributed by atoms with van der Waals surface area (Å²) in [6, 6.07) is 5.14. The van der Waals surface area contributed by atoms with E-state index >= 15 is 0 Å². The lowest BCUT2D eigenvalue weighted by Gasteiger charge is -2.13. The number of aliphatic carboxylic acids is 1. The summed E-state index contributed by atoms with van der Waals surface area (Å²) < 4.78 is 1.69. The first kappa shape index (κ1) is 17.0. The van der Waals surface area contributed by atoms with Gasteiger partial charge in [-0.1, -0.05) is 22.9 Å². The number of rotatable bonds is 6. The van der Waals surface area contributed by atoms with Crippen molar-refractivity contribution in [1.29, 1.82) is 0 Å². The molecule has 1 atom stereocenters. The summed E-state index contributed by atoms with van der Waals surface area (Å²) in [6.07, 6.45) is 0.653. The topological polar surface area (TPSA) is 78.4 Å². The standard InChI is InChI=1S/C13H16Br2N2O3/c1-8(2-5-12(18)19)7-16-13(20)17-11-4-3-9(14)6-10(11)15/h3-4,6,8H,2,5,7H2,1H3,(H,18,19)(H2,16,17,20). The molecule has 0 fully saturated rings. The zero-order chi connectivity index (χ0) is 15.1. The van der Waals surface area contributed by atoms with Crippen LogP contribution in [-0.2, 0) is 4.79 Å². The molecule has 2 amide bonds. The Bertz CT molecular complexity index is 495. The molecule has 0 aliphatic carbocycles. The van der Waals surface area contributed by atoms with Gasteiger partial charge in [0.1, 0.15) is 0 Å². The van der Waals surface area contributed by atoms with E-state index in [0.29, 0.717) is 18.7 Å². The van der Waals surface area contributed by atoms with Crippen LogP contribution < -0.4 is 10.6 Å². The highest BCUT2D eigenvalue weighted by Crippen LogP contribution is 2.25. The Morgan fingerprint density at radius 1 is 1.35 bits per heavy atom. The Morgan fingerprint density at radius 2 is 2.05 bits per heavy atom. The average Bonchev–Trinajstić information content (AvgIpc) is 2.37. The monoisotopic (exact) mass is 406 g/mol. The van der Waals surface area contributed by atoms with Crippen molar-refractivity contribution < 1.29 is 14.7 Å². The molecule has 0 spiro atoms. The highest BCUT2D eigenvalue weighted by atomic mass is 79.9. The first-order valence-corrected chi connectivity index (χ1v) is 7.68. The third kappa shape index (κ3) is 6.38. The lowest BCUT2D eigenvalue weighted by atomic mass is 10.1. The van der Waals surface area contributed by atoms with Gasteiger partial charge in [-0.25, -0.2) is 4.79 Å². The second kappa shape index (κ2) is 8.26. The molecule has 110 valence electrons. The minimum Gasteiger partial charge on any atom is -0.481 e. The van der Waals surface area contributed by atoms with Gasteiger partial charge in [0.05, 0.1) is 5.69 Å². The molecule has 1 aromatic rings. The minimum absolute atomic E-state index is 0.114. The molecule has 0 aromatic heterocycles. The van der Waals surface area contributed by atoms with Gasteiger partial charge >= 0.3 is 12.0 Å². The van der Waals surface area contributed by atoms with Crippen molar-refractivity contribution in [3.63, 3.8) is 0 Å². The number of benzene rings is 1. The van der Waals surface area contributed by atoms with Crippen LogP contribution in [0.1, 0.15) is 19.8 Å².